The minimum atomic E-state index is -2.02. The first-order valence-corrected chi connectivity index (χ1v) is 29.5. The lowest BCUT2D eigenvalue weighted by Crippen LogP contribution is -2.82. The Bertz CT molecular complexity index is 3280. The smallest absolute Gasteiger partial charge is 0.338 e. The normalized spacial score (nSPS) is 38.9. The fourth-order valence-electron chi connectivity index (χ4n) is 16.4. The van der Waals surface area contributed by atoms with Crippen LogP contribution in [0.5, 0.6) is 0 Å². The number of Topliss-reactive ketones (excluding diaryl/α,β-unsaturated/α-hetero) is 2. The Hall–Kier alpha value is -6.08. The molecule has 0 amide bonds. The molecule has 21 nitrogen and oxygen atoms in total. The van der Waals surface area contributed by atoms with Gasteiger partial charge in [0.25, 0.3) is 5.17 Å². The quantitative estimate of drug-likeness (QED) is 0.0883. The van der Waals surface area contributed by atoms with Crippen LogP contribution in [0.3, 0.4) is 0 Å². The van der Waals surface area contributed by atoms with Crippen LogP contribution >= 0.6 is 12.2 Å². The van der Waals surface area contributed by atoms with Gasteiger partial charge in [0.05, 0.1) is 53.8 Å². The number of hydrogen-bond acceptors (Lipinski definition) is 21. The molecule has 4 bridgehead atoms. The van der Waals surface area contributed by atoms with Gasteiger partial charge in [0, 0.05) is 76.0 Å². The van der Waals surface area contributed by atoms with E-state index in [1.165, 1.54) is 45.2 Å². The summed E-state index contributed by atoms with van der Waals surface area (Å²) < 4.78 is 56.4. The second-order valence-corrected chi connectivity index (χ2v) is 26.4. The molecule has 3 heterocycles. The number of imidazole rings is 1. The predicted molar refractivity (Wildman–Crippen MR) is 308 cm³/mol. The summed E-state index contributed by atoms with van der Waals surface area (Å²) in [4.78, 5) is 86.9. The van der Waals surface area contributed by atoms with Crippen molar-refractivity contribution in [1.82, 2.24) is 9.55 Å². The monoisotopic (exact) mass is 1210 g/mol. The number of hydrogen-bond donors (Lipinski definition) is 4. The molecule has 17 atom stereocenters. The standard InChI is InChI=1S/C34H40N2O10S.C30H38O9/c1-18-21(38)15-34(41)28(45-29(40)20-10-8-7-9-11-20)26-32(5,27(39)25(42-6)24(18)31(34,3)4)22(44-30(47)36-13-12-35-17-36)14-23-33(26,16-43-23)46-19(2)37;1-16-19(32)14-30(35)25(38-26(34)18-10-8-7-9-11-18)23-28(5,24(33)22(36-6)21(16)27(30,3)4)13-12-20-29(23,15-37-20)39-17(2)31/h7-13,17,21-23,25-26,28,38,41H,14-16H2,1-6H3;7-11,19-20,22-23,25,32,35H,12-15H2,1-6H3/t21-,22-,23+,25+,26-,28-,32+,33-,34+;19-,20+,22+,23-,25-,28+,29-,30+/m00/s1. The molecule has 6 fully saturated rings. The fraction of sp³-hybridized carbons (Fsp3) is 0.594. The second kappa shape index (κ2) is 22.2. The topological polar surface area (TPSA) is 284 Å². The van der Waals surface area contributed by atoms with Crippen LogP contribution in [0.4, 0.5) is 0 Å². The maximum atomic E-state index is 15.3. The molecule has 2 aromatic carbocycles. The number of carbonyl (C=O) groups is 6. The highest BCUT2D eigenvalue weighted by molar-refractivity contribution is 7.80. The Morgan fingerprint density at radius 3 is 1.53 bits per heavy atom. The van der Waals surface area contributed by atoms with Gasteiger partial charge in [-0.25, -0.2) is 14.6 Å². The van der Waals surface area contributed by atoms with Crippen molar-refractivity contribution in [2.75, 3.05) is 27.4 Å². The van der Waals surface area contributed by atoms with Crippen molar-refractivity contribution < 1.29 is 91.8 Å². The van der Waals surface area contributed by atoms with Crippen molar-refractivity contribution in [3.05, 3.63) is 113 Å². The third-order valence-electron chi connectivity index (χ3n) is 21.1. The number of rotatable bonds is 9. The lowest BCUT2D eigenvalue weighted by Gasteiger charge is -2.67. The SMILES string of the molecule is CO[C@H]1C(=O)[C@]2(C)CC[C@H]3OC[C@@]3(OC(C)=O)[C@H]2[C@H](OC(=O)c2ccccc2)[C@]2(O)C[C@H](O)C(C)=C1C2(C)C.CO[C@H]1C(=O)[C@]2(C)[C@@H](OC(=S)n3ccnc3)C[C@H]3OC[C@@]3(OC(C)=O)[C@H]2[C@H](OC(=O)c2ccccc2)[C@]2(O)C[C@H](O)C(C)=C1C2(C)C. The van der Waals surface area contributed by atoms with Gasteiger partial charge in [-0.1, -0.05) is 71.0 Å². The van der Waals surface area contributed by atoms with Gasteiger partial charge in [-0.2, -0.15) is 0 Å². The van der Waals surface area contributed by atoms with E-state index in [0.717, 1.165) is 0 Å². The maximum Gasteiger partial charge on any atom is 0.338 e. The summed E-state index contributed by atoms with van der Waals surface area (Å²) in [5.41, 5.74) is -9.77. The van der Waals surface area contributed by atoms with Gasteiger partial charge >= 0.3 is 23.9 Å². The molecule has 1 aromatic heterocycles. The first-order chi connectivity index (χ1) is 40.4. The van der Waals surface area contributed by atoms with E-state index in [1.54, 1.807) is 122 Å². The Balaban J connectivity index is 0.000000194. The van der Waals surface area contributed by atoms with Crippen molar-refractivity contribution in [3.63, 3.8) is 0 Å². The number of aliphatic hydroxyl groups excluding tert-OH is 2. The summed E-state index contributed by atoms with van der Waals surface area (Å²) in [6.45, 7) is 16.3. The third-order valence-corrected chi connectivity index (χ3v) is 21.4. The van der Waals surface area contributed by atoms with E-state index in [4.69, 9.17) is 54.8 Å². The van der Waals surface area contributed by atoms with Gasteiger partial charge in [0.1, 0.15) is 60.3 Å². The van der Waals surface area contributed by atoms with Crippen LogP contribution in [-0.2, 0) is 61.8 Å². The molecule has 11 rings (SSSR count). The molecule has 2 saturated heterocycles. The Labute approximate surface area is 504 Å². The number of esters is 4. The molecular weight excluding hydrogens is 1130 g/mol. The fourth-order valence-corrected chi connectivity index (χ4v) is 16.6. The number of carbonyl (C=O) groups excluding carboxylic acids is 6. The van der Waals surface area contributed by atoms with E-state index in [-0.39, 0.29) is 54.6 Å². The zero-order chi connectivity index (χ0) is 62.6. The highest BCUT2D eigenvalue weighted by atomic mass is 32.1. The Morgan fingerprint density at radius 2 is 1.12 bits per heavy atom. The van der Waals surface area contributed by atoms with Crippen LogP contribution in [-0.4, -0.2) is 175 Å². The molecule has 86 heavy (non-hydrogen) atoms. The molecule has 0 spiro atoms. The number of aromatic nitrogens is 2. The van der Waals surface area contributed by atoms with Gasteiger partial charge in [-0.3, -0.25) is 23.7 Å². The summed E-state index contributed by atoms with van der Waals surface area (Å²) >= 11 is 5.63. The first kappa shape index (κ1) is 63.0. The average Bonchev–Trinajstić information content (AvgIpc) is 0.701. The summed E-state index contributed by atoms with van der Waals surface area (Å²) in [5.74, 6) is -5.65. The molecule has 22 heteroatoms. The molecule has 4 saturated carbocycles. The second-order valence-electron chi connectivity index (χ2n) is 26.0. The van der Waals surface area contributed by atoms with Gasteiger partial charge in [0.2, 0.25) is 0 Å². The van der Waals surface area contributed by atoms with Crippen LogP contribution in [0, 0.1) is 33.5 Å². The largest absolute Gasteiger partial charge is 0.466 e. The number of aliphatic hydroxyl groups is 4. The van der Waals surface area contributed by atoms with Crippen molar-refractivity contribution in [3.8, 4) is 0 Å². The molecule has 3 aromatic rings. The van der Waals surface area contributed by atoms with Gasteiger partial charge in [0.15, 0.2) is 22.8 Å². The molecule has 8 aliphatic rings. The summed E-state index contributed by atoms with van der Waals surface area (Å²) in [6.07, 6.45) is -4.88. The number of methoxy groups -OCH3 is 2. The summed E-state index contributed by atoms with van der Waals surface area (Å²) in [5, 5.41) is 48.6. The van der Waals surface area contributed by atoms with E-state index < -0.39 is 140 Å². The van der Waals surface area contributed by atoms with Crippen molar-refractivity contribution in [2.24, 2.45) is 33.5 Å². The van der Waals surface area contributed by atoms with E-state index >= 15 is 4.79 Å². The molecule has 0 unspecified atom stereocenters. The molecular formula is C64H78N2O19S. The lowest BCUT2D eigenvalue weighted by atomic mass is 9.44. The van der Waals surface area contributed by atoms with Crippen LogP contribution in [0.15, 0.2) is 102 Å². The van der Waals surface area contributed by atoms with Gasteiger partial charge in [-0.15, -0.1) is 0 Å². The number of ketones is 2. The third kappa shape index (κ3) is 9.28. The zero-order valence-electron chi connectivity index (χ0n) is 50.5. The Morgan fingerprint density at radius 1 is 0.663 bits per heavy atom. The van der Waals surface area contributed by atoms with Gasteiger partial charge in [-0.05, 0) is 92.4 Å². The van der Waals surface area contributed by atoms with Crippen molar-refractivity contribution in [2.45, 2.75) is 179 Å². The number of benzene rings is 2. The van der Waals surface area contributed by atoms with Crippen LogP contribution in [0.2, 0.25) is 0 Å². The zero-order valence-corrected chi connectivity index (χ0v) is 51.3. The average molecular weight is 1210 g/mol. The minimum Gasteiger partial charge on any atom is -0.466 e. The number of thiocarbonyl (C=S) groups is 1. The van der Waals surface area contributed by atoms with Crippen LogP contribution in [0.25, 0.3) is 0 Å². The summed E-state index contributed by atoms with van der Waals surface area (Å²) in [6, 6.07) is 16.6. The molecule has 4 N–H and O–H groups in total. The number of ether oxygens (including phenoxy) is 9. The van der Waals surface area contributed by atoms with Crippen LogP contribution in [0.1, 0.15) is 122 Å². The van der Waals surface area contributed by atoms with Gasteiger partial charge < -0.3 is 63.1 Å². The molecule has 0 radical (unpaired) electrons. The molecule has 464 valence electrons. The van der Waals surface area contributed by atoms with Crippen LogP contribution < -0.4 is 0 Å². The number of fused-ring (bicyclic) bond motifs is 10. The highest BCUT2D eigenvalue weighted by Gasteiger charge is 2.80. The Kier molecular flexibility index (Phi) is 16.3. The lowest BCUT2D eigenvalue weighted by molar-refractivity contribution is -0.344. The predicted octanol–water partition coefficient (Wildman–Crippen LogP) is 5.56. The van der Waals surface area contributed by atoms with Crippen molar-refractivity contribution in [1.29, 1.82) is 0 Å². The van der Waals surface area contributed by atoms with E-state index in [9.17, 15) is 44.4 Å². The highest BCUT2D eigenvalue weighted by Crippen LogP contribution is 2.67. The van der Waals surface area contributed by atoms with E-state index in [0.29, 0.717) is 35.1 Å². The maximum absolute atomic E-state index is 15.3. The first-order valence-electron chi connectivity index (χ1n) is 29.1. The number of nitrogens with zero attached hydrogens (tertiary/aromatic N) is 2. The van der Waals surface area contributed by atoms with E-state index in [2.05, 4.69) is 4.98 Å². The summed E-state index contributed by atoms with van der Waals surface area (Å²) in [7, 11) is 2.82. The minimum absolute atomic E-state index is 0.00139. The van der Waals surface area contributed by atoms with E-state index in [1.807, 2.05) is 0 Å². The van der Waals surface area contributed by atoms with Crippen molar-refractivity contribution >= 4 is 52.8 Å². The molecule has 2 aliphatic heterocycles. The molecule has 6 aliphatic carbocycles.